The monoisotopic (exact) mass is 410 g/mol. The van der Waals surface area contributed by atoms with Crippen molar-refractivity contribution < 1.29 is 24.2 Å². The quantitative estimate of drug-likeness (QED) is 0.569. The molecule has 0 radical (unpaired) electrons. The smallest absolute Gasteiger partial charge is 0.340 e. The van der Waals surface area contributed by atoms with Crippen molar-refractivity contribution in [3.63, 3.8) is 0 Å². The Morgan fingerprint density at radius 3 is 2.60 bits per heavy atom. The van der Waals surface area contributed by atoms with Crippen molar-refractivity contribution in [2.75, 3.05) is 18.5 Å². The molecule has 0 spiro atoms. The highest BCUT2D eigenvalue weighted by Gasteiger charge is 2.31. The van der Waals surface area contributed by atoms with Crippen molar-refractivity contribution in [2.45, 2.75) is 26.4 Å². The zero-order valence-corrected chi connectivity index (χ0v) is 15.7. The van der Waals surface area contributed by atoms with Gasteiger partial charge in [0.25, 0.3) is 11.8 Å². The van der Waals surface area contributed by atoms with Gasteiger partial charge in [-0.2, -0.15) is 0 Å². The Balaban J connectivity index is 2.29. The van der Waals surface area contributed by atoms with E-state index in [9.17, 15) is 14.4 Å². The molecule has 0 unspecified atom stereocenters. The van der Waals surface area contributed by atoms with Gasteiger partial charge in [-0.05, 0) is 39.0 Å². The van der Waals surface area contributed by atoms with Crippen LogP contribution in [-0.4, -0.2) is 46.5 Å². The lowest BCUT2D eigenvalue weighted by atomic mass is 10.1. The zero-order valence-electron chi connectivity index (χ0n) is 14.1. The Kier molecular flexibility index (Phi) is 5.64. The van der Waals surface area contributed by atoms with E-state index in [0.717, 1.165) is 11.0 Å². The molecule has 0 aromatic heterocycles. The summed E-state index contributed by atoms with van der Waals surface area (Å²) >= 11 is 3.30. The number of β-amino-alcohol motifs (C(OH)–C–C–N with tert-alkyl or cyclic N) is 1. The molecule has 1 aromatic carbocycles. The van der Waals surface area contributed by atoms with E-state index in [1.165, 1.54) is 0 Å². The normalized spacial score (nSPS) is 14.6. The maximum Gasteiger partial charge on any atom is 0.340 e. The summed E-state index contributed by atoms with van der Waals surface area (Å²) in [7, 11) is 0. The van der Waals surface area contributed by atoms with Gasteiger partial charge in [0.2, 0.25) is 0 Å². The van der Waals surface area contributed by atoms with Gasteiger partial charge in [0.15, 0.2) is 0 Å². The molecule has 1 aromatic rings. The molecule has 0 saturated heterocycles. The average Bonchev–Trinajstić information content (AvgIpc) is 2.75. The molecule has 1 aliphatic rings. The molecular formula is C17H19BrN2O5. The summed E-state index contributed by atoms with van der Waals surface area (Å²) in [6.07, 6.45) is 1.14. The van der Waals surface area contributed by atoms with E-state index in [-0.39, 0.29) is 24.4 Å². The molecule has 134 valence electrons. The van der Waals surface area contributed by atoms with E-state index in [4.69, 9.17) is 9.84 Å². The second kappa shape index (κ2) is 7.37. The Labute approximate surface area is 153 Å². The number of aliphatic hydroxyl groups excluding tert-OH is 1. The maximum absolute atomic E-state index is 12.4. The van der Waals surface area contributed by atoms with Crippen molar-refractivity contribution >= 4 is 39.4 Å². The topological polar surface area (TPSA) is 95.9 Å². The van der Waals surface area contributed by atoms with Gasteiger partial charge in [0.1, 0.15) is 11.3 Å². The fourth-order valence-corrected chi connectivity index (χ4v) is 2.54. The van der Waals surface area contributed by atoms with E-state index in [1.54, 1.807) is 39.0 Å². The lowest BCUT2D eigenvalue weighted by molar-refractivity contribution is -0.137. The molecule has 2 rings (SSSR count). The molecule has 2 N–H and O–H groups in total. The van der Waals surface area contributed by atoms with Crippen LogP contribution in [0.1, 0.15) is 31.1 Å². The van der Waals surface area contributed by atoms with Gasteiger partial charge < -0.3 is 15.2 Å². The second-order valence-electron chi connectivity index (χ2n) is 6.39. The van der Waals surface area contributed by atoms with Crippen LogP contribution in [0.2, 0.25) is 0 Å². The summed E-state index contributed by atoms with van der Waals surface area (Å²) in [5.74, 6) is -1.63. The number of halogens is 1. The highest BCUT2D eigenvalue weighted by atomic mass is 79.9. The van der Waals surface area contributed by atoms with Crippen LogP contribution in [0.5, 0.6) is 0 Å². The molecule has 0 atom stereocenters. The molecule has 0 bridgehead atoms. The molecule has 0 aliphatic carbocycles. The van der Waals surface area contributed by atoms with Crippen molar-refractivity contribution in [1.29, 1.82) is 0 Å². The number of imide groups is 1. The van der Waals surface area contributed by atoms with Gasteiger partial charge >= 0.3 is 5.97 Å². The number of carbonyl (C=O) groups excluding carboxylic acids is 3. The number of nitrogens with zero attached hydrogens (tertiary/aromatic N) is 1. The number of benzene rings is 1. The molecule has 8 heteroatoms. The van der Waals surface area contributed by atoms with Gasteiger partial charge in [-0.25, -0.2) is 4.79 Å². The van der Waals surface area contributed by atoms with Crippen LogP contribution >= 0.6 is 15.9 Å². The average molecular weight is 411 g/mol. The Bertz CT molecular complexity index is 752. The SMILES string of the molecule is CC(C)(C)OC(=O)c1cc(Br)ccc1NC1=CC(=O)N(CCO)C1=O. The van der Waals surface area contributed by atoms with Crippen LogP contribution < -0.4 is 5.32 Å². The number of hydrogen-bond acceptors (Lipinski definition) is 6. The Morgan fingerprint density at radius 1 is 1.32 bits per heavy atom. The summed E-state index contributed by atoms with van der Waals surface area (Å²) in [5.41, 5.74) is -0.0696. The number of esters is 1. The molecule has 2 amide bonds. The first-order valence-electron chi connectivity index (χ1n) is 7.60. The standard InChI is InChI=1S/C17H19BrN2O5/c1-17(2,3)25-16(24)11-8-10(18)4-5-12(11)19-13-9-14(22)20(6-7-21)15(13)23/h4-5,8-9,19,21H,6-7H2,1-3H3. The number of amides is 2. The van der Waals surface area contributed by atoms with E-state index in [0.29, 0.717) is 10.2 Å². The maximum atomic E-state index is 12.4. The minimum atomic E-state index is -0.674. The highest BCUT2D eigenvalue weighted by molar-refractivity contribution is 9.10. The van der Waals surface area contributed by atoms with Crippen LogP contribution in [0.15, 0.2) is 34.4 Å². The van der Waals surface area contributed by atoms with Crippen LogP contribution in [0, 0.1) is 0 Å². The largest absolute Gasteiger partial charge is 0.456 e. The number of aliphatic hydroxyl groups is 1. The third kappa shape index (κ3) is 4.67. The first-order chi connectivity index (χ1) is 11.6. The number of anilines is 1. The molecule has 1 heterocycles. The molecule has 0 saturated carbocycles. The number of nitrogens with one attached hydrogen (secondary N) is 1. The number of carbonyl (C=O) groups is 3. The summed E-state index contributed by atoms with van der Waals surface area (Å²) in [6, 6.07) is 4.88. The Hall–Kier alpha value is -2.19. The molecule has 7 nitrogen and oxygen atoms in total. The predicted molar refractivity (Wildman–Crippen MR) is 94.8 cm³/mol. The number of hydrogen-bond donors (Lipinski definition) is 2. The zero-order chi connectivity index (χ0) is 18.8. The lowest BCUT2D eigenvalue weighted by Crippen LogP contribution is -2.34. The van der Waals surface area contributed by atoms with E-state index >= 15 is 0 Å². The first-order valence-corrected chi connectivity index (χ1v) is 8.40. The minimum Gasteiger partial charge on any atom is -0.456 e. The molecule has 1 aliphatic heterocycles. The van der Waals surface area contributed by atoms with Gasteiger partial charge in [0, 0.05) is 10.5 Å². The van der Waals surface area contributed by atoms with Crippen molar-refractivity contribution in [1.82, 2.24) is 4.90 Å². The van der Waals surface area contributed by atoms with Gasteiger partial charge in [0.05, 0.1) is 24.4 Å². The third-order valence-corrected chi connectivity index (χ3v) is 3.70. The number of ether oxygens (including phenoxy) is 1. The van der Waals surface area contributed by atoms with E-state index < -0.39 is 23.4 Å². The summed E-state index contributed by atoms with van der Waals surface area (Å²) in [6.45, 7) is 4.86. The number of rotatable bonds is 5. The molecule has 25 heavy (non-hydrogen) atoms. The van der Waals surface area contributed by atoms with Crippen LogP contribution in [0.25, 0.3) is 0 Å². The minimum absolute atomic E-state index is 0.0329. The Morgan fingerprint density at radius 2 is 2.00 bits per heavy atom. The fraction of sp³-hybridized carbons (Fsp3) is 0.353. The third-order valence-electron chi connectivity index (χ3n) is 3.20. The summed E-state index contributed by atoms with van der Waals surface area (Å²) < 4.78 is 6.05. The molecular weight excluding hydrogens is 392 g/mol. The van der Waals surface area contributed by atoms with Crippen LogP contribution in [-0.2, 0) is 14.3 Å². The van der Waals surface area contributed by atoms with Gasteiger partial charge in [-0.3, -0.25) is 14.5 Å². The van der Waals surface area contributed by atoms with Gasteiger partial charge in [-0.15, -0.1) is 0 Å². The van der Waals surface area contributed by atoms with E-state index in [2.05, 4.69) is 21.2 Å². The van der Waals surface area contributed by atoms with Crippen molar-refractivity contribution in [2.24, 2.45) is 0 Å². The van der Waals surface area contributed by atoms with Gasteiger partial charge in [-0.1, -0.05) is 15.9 Å². The van der Waals surface area contributed by atoms with E-state index in [1.807, 2.05) is 0 Å². The second-order valence-corrected chi connectivity index (χ2v) is 7.31. The van der Waals surface area contributed by atoms with Crippen molar-refractivity contribution in [3.8, 4) is 0 Å². The molecule has 0 fully saturated rings. The summed E-state index contributed by atoms with van der Waals surface area (Å²) in [4.78, 5) is 37.4. The van der Waals surface area contributed by atoms with Crippen LogP contribution in [0.3, 0.4) is 0 Å². The predicted octanol–water partition coefficient (Wildman–Crippen LogP) is 2.06. The fourth-order valence-electron chi connectivity index (χ4n) is 2.18. The lowest BCUT2D eigenvalue weighted by Gasteiger charge is -2.21. The highest BCUT2D eigenvalue weighted by Crippen LogP contribution is 2.26. The van der Waals surface area contributed by atoms with Crippen LogP contribution in [0.4, 0.5) is 5.69 Å². The first kappa shape index (κ1) is 19.1. The van der Waals surface area contributed by atoms with Crippen molar-refractivity contribution in [3.05, 3.63) is 40.0 Å². The summed E-state index contributed by atoms with van der Waals surface area (Å²) in [5, 5.41) is 11.8.